The monoisotopic (exact) mass is 420 g/mol. The number of nitrogens with zero attached hydrogens (tertiary/aromatic N) is 2. The second-order valence-electron chi connectivity index (χ2n) is 7.64. The lowest BCUT2D eigenvalue weighted by atomic mass is 10.2. The predicted molar refractivity (Wildman–Crippen MR) is 112 cm³/mol. The Kier molecular flexibility index (Phi) is 10.5. The molecule has 0 aromatic heterocycles. The minimum absolute atomic E-state index is 0.0360. The van der Waals surface area contributed by atoms with E-state index in [0.717, 1.165) is 5.01 Å². The van der Waals surface area contributed by atoms with E-state index < -0.39 is 17.8 Å². The lowest BCUT2D eigenvalue weighted by Crippen LogP contribution is -2.55. The molecule has 9 nitrogen and oxygen atoms in total. The molecule has 0 atom stereocenters. The van der Waals surface area contributed by atoms with Gasteiger partial charge in [0, 0.05) is 18.7 Å². The molecule has 0 unspecified atom stereocenters. The van der Waals surface area contributed by atoms with Crippen molar-refractivity contribution in [1.82, 2.24) is 20.9 Å². The zero-order valence-corrected chi connectivity index (χ0v) is 18.3. The maximum atomic E-state index is 12.9. The van der Waals surface area contributed by atoms with Gasteiger partial charge in [-0.05, 0) is 30.9 Å². The van der Waals surface area contributed by atoms with Gasteiger partial charge in [0.05, 0.1) is 13.2 Å². The predicted octanol–water partition coefficient (Wildman–Crippen LogP) is 1.37. The fraction of sp³-hybridized carbons (Fsp3) is 0.524. The first-order chi connectivity index (χ1) is 14.1. The third-order valence-corrected chi connectivity index (χ3v) is 3.75. The number of carbonyl (C=O) groups excluding carboxylic acids is 4. The number of esters is 1. The summed E-state index contributed by atoms with van der Waals surface area (Å²) in [6.45, 7) is 9.75. The number of hydrogen-bond acceptors (Lipinski definition) is 6. The molecule has 0 aliphatic rings. The Morgan fingerprint density at radius 3 is 2.07 bits per heavy atom. The van der Waals surface area contributed by atoms with Crippen molar-refractivity contribution in [3.8, 4) is 0 Å². The fourth-order valence-corrected chi connectivity index (χ4v) is 2.58. The van der Waals surface area contributed by atoms with E-state index in [2.05, 4.69) is 15.6 Å². The Balaban J connectivity index is 2.89. The average Bonchev–Trinajstić information content (AvgIpc) is 2.67. The highest BCUT2D eigenvalue weighted by atomic mass is 16.5. The normalized spacial score (nSPS) is 10.8. The van der Waals surface area contributed by atoms with E-state index in [1.54, 1.807) is 31.2 Å². The van der Waals surface area contributed by atoms with Gasteiger partial charge in [-0.25, -0.2) is 9.80 Å². The van der Waals surface area contributed by atoms with Crippen molar-refractivity contribution in [2.24, 2.45) is 11.8 Å². The Hall–Kier alpha value is -2.94. The molecule has 0 aliphatic heterocycles. The quantitative estimate of drug-likeness (QED) is 0.355. The van der Waals surface area contributed by atoms with Gasteiger partial charge in [-0.3, -0.25) is 30.2 Å². The highest BCUT2D eigenvalue weighted by molar-refractivity contribution is 6.32. The zero-order chi connectivity index (χ0) is 22.7. The fourth-order valence-electron chi connectivity index (χ4n) is 2.58. The number of rotatable bonds is 9. The summed E-state index contributed by atoms with van der Waals surface area (Å²) in [5.41, 5.74) is 5.52. The largest absolute Gasteiger partial charge is 0.459 e. The van der Waals surface area contributed by atoms with Crippen LogP contribution >= 0.6 is 0 Å². The third kappa shape index (κ3) is 9.04. The summed E-state index contributed by atoms with van der Waals surface area (Å²) in [4.78, 5) is 49.0. The molecule has 0 heterocycles. The van der Waals surface area contributed by atoms with Gasteiger partial charge in [-0.2, -0.15) is 0 Å². The van der Waals surface area contributed by atoms with E-state index in [1.807, 2.05) is 33.8 Å². The van der Waals surface area contributed by atoms with Gasteiger partial charge in [0.15, 0.2) is 0 Å². The molecule has 3 amide bonds. The Morgan fingerprint density at radius 2 is 1.53 bits per heavy atom. The van der Waals surface area contributed by atoms with Crippen LogP contribution in [0.25, 0.3) is 0 Å². The molecule has 1 aromatic rings. The summed E-state index contributed by atoms with van der Waals surface area (Å²) in [7, 11) is 0. The van der Waals surface area contributed by atoms with Crippen LogP contribution in [0.2, 0.25) is 0 Å². The van der Waals surface area contributed by atoms with Crippen LogP contribution in [0.3, 0.4) is 0 Å². The first-order valence-electron chi connectivity index (χ1n) is 10.0. The summed E-state index contributed by atoms with van der Waals surface area (Å²) < 4.78 is 4.67. The van der Waals surface area contributed by atoms with Crippen LogP contribution in [0.15, 0.2) is 30.3 Å². The average molecular weight is 421 g/mol. The van der Waals surface area contributed by atoms with Crippen LogP contribution in [0.4, 0.5) is 0 Å². The molecule has 2 N–H and O–H groups in total. The van der Waals surface area contributed by atoms with Crippen molar-refractivity contribution in [2.75, 3.05) is 26.2 Å². The molecule has 166 valence electrons. The first-order valence-corrected chi connectivity index (χ1v) is 10.0. The second kappa shape index (κ2) is 12.6. The molecule has 1 rings (SSSR count). The minimum Gasteiger partial charge on any atom is -0.459 e. The summed E-state index contributed by atoms with van der Waals surface area (Å²) in [5, 5.41) is 2.60. The molecule has 30 heavy (non-hydrogen) atoms. The van der Waals surface area contributed by atoms with Crippen LogP contribution in [0.1, 0.15) is 45.0 Å². The SMILES string of the molecule is CCOC(=O)C(=O)NN(CC(C)C)C(=O)CN(CC(C)C)NC(=O)c1ccccc1. The van der Waals surface area contributed by atoms with Crippen molar-refractivity contribution in [3.63, 3.8) is 0 Å². The van der Waals surface area contributed by atoms with Crippen molar-refractivity contribution in [2.45, 2.75) is 34.6 Å². The van der Waals surface area contributed by atoms with Crippen LogP contribution in [-0.4, -0.2) is 59.9 Å². The molecule has 1 aromatic carbocycles. The molecule has 0 bridgehead atoms. The topological polar surface area (TPSA) is 108 Å². The molecule has 0 saturated heterocycles. The van der Waals surface area contributed by atoms with Gasteiger partial charge in [-0.1, -0.05) is 45.9 Å². The highest BCUT2D eigenvalue weighted by Crippen LogP contribution is 2.03. The molecule has 9 heteroatoms. The van der Waals surface area contributed by atoms with Crippen molar-refractivity contribution >= 4 is 23.7 Å². The summed E-state index contributed by atoms with van der Waals surface area (Å²) in [6.07, 6.45) is 0. The first kappa shape index (κ1) is 25.1. The van der Waals surface area contributed by atoms with Crippen LogP contribution in [0, 0.1) is 11.8 Å². The maximum Gasteiger partial charge on any atom is 0.398 e. The maximum absolute atomic E-state index is 12.9. The molecule has 0 aliphatic carbocycles. The van der Waals surface area contributed by atoms with E-state index in [4.69, 9.17) is 0 Å². The van der Waals surface area contributed by atoms with Gasteiger partial charge in [0.2, 0.25) is 0 Å². The van der Waals surface area contributed by atoms with Crippen LogP contribution in [-0.2, 0) is 19.1 Å². The lowest BCUT2D eigenvalue weighted by molar-refractivity contribution is -0.159. The number of ether oxygens (including phenoxy) is 1. The van der Waals surface area contributed by atoms with Gasteiger partial charge >= 0.3 is 11.9 Å². The van der Waals surface area contributed by atoms with E-state index in [9.17, 15) is 19.2 Å². The van der Waals surface area contributed by atoms with E-state index in [-0.39, 0.29) is 37.4 Å². The number of carbonyl (C=O) groups is 4. The van der Waals surface area contributed by atoms with Crippen molar-refractivity contribution in [1.29, 1.82) is 0 Å². The number of nitrogens with one attached hydrogen (secondary N) is 2. The standard InChI is InChI=1S/C21H32N4O5/c1-6-30-21(29)20(28)23-25(13-16(4)5)18(26)14-24(12-15(2)3)22-19(27)17-10-8-7-9-11-17/h7-11,15-16H,6,12-14H2,1-5H3,(H,22,27)(H,23,28). The van der Waals surface area contributed by atoms with Crippen LogP contribution in [0.5, 0.6) is 0 Å². The number of amides is 3. The number of hydrazine groups is 2. The van der Waals surface area contributed by atoms with E-state index >= 15 is 0 Å². The summed E-state index contributed by atoms with van der Waals surface area (Å²) in [6, 6.07) is 8.66. The zero-order valence-electron chi connectivity index (χ0n) is 18.3. The molecule has 0 spiro atoms. The highest BCUT2D eigenvalue weighted by Gasteiger charge is 2.25. The number of benzene rings is 1. The van der Waals surface area contributed by atoms with Gasteiger partial charge in [0.1, 0.15) is 0 Å². The molecule has 0 fully saturated rings. The molecule has 0 radical (unpaired) electrons. The van der Waals surface area contributed by atoms with Gasteiger partial charge in [0.25, 0.3) is 11.8 Å². The van der Waals surface area contributed by atoms with E-state index in [0.29, 0.717) is 12.1 Å². The Bertz CT molecular complexity index is 721. The molecular weight excluding hydrogens is 388 g/mol. The Labute approximate surface area is 177 Å². The molecule has 0 saturated carbocycles. The number of hydrogen-bond donors (Lipinski definition) is 2. The minimum atomic E-state index is -1.06. The smallest absolute Gasteiger partial charge is 0.398 e. The molecular formula is C21H32N4O5. The van der Waals surface area contributed by atoms with Gasteiger partial charge in [-0.15, -0.1) is 0 Å². The van der Waals surface area contributed by atoms with E-state index in [1.165, 1.54) is 5.01 Å². The lowest BCUT2D eigenvalue weighted by Gasteiger charge is -2.29. The summed E-state index contributed by atoms with van der Waals surface area (Å²) >= 11 is 0. The third-order valence-electron chi connectivity index (χ3n) is 3.75. The van der Waals surface area contributed by atoms with Crippen molar-refractivity contribution < 1.29 is 23.9 Å². The van der Waals surface area contributed by atoms with Crippen molar-refractivity contribution in [3.05, 3.63) is 35.9 Å². The Morgan fingerprint density at radius 1 is 0.933 bits per heavy atom. The van der Waals surface area contributed by atoms with Crippen LogP contribution < -0.4 is 10.9 Å². The summed E-state index contributed by atoms with van der Waals surface area (Å²) in [5.74, 6) is -2.68. The second-order valence-corrected chi connectivity index (χ2v) is 7.64. The van der Waals surface area contributed by atoms with Gasteiger partial charge < -0.3 is 4.74 Å².